The molecule has 0 spiro atoms. The molecule has 0 bridgehead atoms. The molecule has 1 N–H and O–H groups in total. The van der Waals surface area contributed by atoms with Gasteiger partial charge < -0.3 is 10.1 Å². The van der Waals surface area contributed by atoms with Crippen molar-refractivity contribution in [3.05, 3.63) is 52.4 Å². The van der Waals surface area contributed by atoms with Crippen LogP contribution in [0.4, 0.5) is 10.2 Å². The fraction of sp³-hybridized carbons (Fsp3) is 0.235. The van der Waals surface area contributed by atoms with Crippen molar-refractivity contribution in [2.45, 2.75) is 24.3 Å². The zero-order valence-electron chi connectivity index (χ0n) is 13.7. The van der Waals surface area contributed by atoms with Gasteiger partial charge in [-0.1, -0.05) is 23.2 Å². The van der Waals surface area contributed by atoms with Crippen molar-refractivity contribution in [1.82, 2.24) is 4.98 Å². The molecule has 1 aromatic carbocycles. The molecule has 9 heteroatoms. The number of nitrogens with one attached hydrogen (secondary N) is 1. The van der Waals surface area contributed by atoms with E-state index >= 15 is 0 Å². The van der Waals surface area contributed by atoms with Crippen molar-refractivity contribution in [3.8, 4) is 0 Å². The van der Waals surface area contributed by atoms with Crippen molar-refractivity contribution >= 4 is 52.7 Å². The minimum atomic E-state index is -1.01. The molecule has 138 valence electrons. The van der Waals surface area contributed by atoms with E-state index in [4.69, 9.17) is 27.9 Å². The first-order chi connectivity index (χ1) is 12.3. The van der Waals surface area contributed by atoms with Gasteiger partial charge in [-0.3, -0.25) is 9.59 Å². The molecule has 0 aliphatic rings. The van der Waals surface area contributed by atoms with Gasteiger partial charge in [0.05, 0.1) is 16.5 Å². The Morgan fingerprint density at radius 3 is 2.65 bits per heavy atom. The Bertz CT molecular complexity index is 790. The Labute approximate surface area is 164 Å². The van der Waals surface area contributed by atoms with Crippen molar-refractivity contribution in [2.75, 3.05) is 11.1 Å². The normalized spacial score (nSPS) is 11.7. The lowest BCUT2D eigenvalue weighted by atomic mass is 10.3. The molecule has 2 aromatic rings. The summed E-state index contributed by atoms with van der Waals surface area (Å²) in [5, 5.41) is 2.99. The van der Waals surface area contributed by atoms with E-state index in [1.54, 1.807) is 12.1 Å². The highest BCUT2D eigenvalue weighted by Gasteiger charge is 2.19. The van der Waals surface area contributed by atoms with Crippen LogP contribution in [0.15, 0.2) is 41.4 Å². The summed E-state index contributed by atoms with van der Waals surface area (Å²) in [6.07, 6.45) is 0.443. The summed E-state index contributed by atoms with van der Waals surface area (Å²) >= 11 is 13.1. The summed E-state index contributed by atoms with van der Waals surface area (Å²) in [6, 6.07) is 7.40. The molecule has 1 atom stereocenters. The molecule has 1 heterocycles. The summed E-state index contributed by atoms with van der Waals surface area (Å²) in [7, 11) is 0. The highest BCUT2D eigenvalue weighted by Crippen LogP contribution is 2.23. The number of rotatable bonds is 7. The number of benzene rings is 1. The molecule has 0 aliphatic heterocycles. The van der Waals surface area contributed by atoms with Crippen molar-refractivity contribution in [1.29, 1.82) is 0 Å². The van der Waals surface area contributed by atoms with Gasteiger partial charge in [0, 0.05) is 16.8 Å². The summed E-state index contributed by atoms with van der Waals surface area (Å²) in [5.74, 6) is -0.804. The first-order valence-corrected chi connectivity index (χ1v) is 9.29. The van der Waals surface area contributed by atoms with Gasteiger partial charge in [-0.25, -0.2) is 9.37 Å². The fourth-order valence-corrected chi connectivity index (χ4v) is 3.08. The molecule has 1 unspecified atom stereocenters. The topological polar surface area (TPSA) is 68.3 Å². The Hall–Kier alpha value is -1.83. The largest absolute Gasteiger partial charge is 0.453 e. The molecular formula is C17H15Cl2FN2O3S. The summed E-state index contributed by atoms with van der Waals surface area (Å²) < 4.78 is 17.9. The molecule has 0 aliphatic carbocycles. The predicted octanol–water partition coefficient (Wildman–Crippen LogP) is 4.58. The van der Waals surface area contributed by atoms with Gasteiger partial charge in [0.15, 0.2) is 11.9 Å². The van der Waals surface area contributed by atoms with Crippen molar-refractivity contribution < 1.29 is 18.7 Å². The van der Waals surface area contributed by atoms with E-state index in [1.165, 1.54) is 43.1 Å². The van der Waals surface area contributed by atoms with Crippen LogP contribution < -0.4 is 5.32 Å². The monoisotopic (exact) mass is 416 g/mol. The maximum Gasteiger partial charge on any atom is 0.307 e. The zero-order valence-corrected chi connectivity index (χ0v) is 16.0. The van der Waals surface area contributed by atoms with Gasteiger partial charge in [0.25, 0.3) is 5.91 Å². The van der Waals surface area contributed by atoms with Crippen LogP contribution in [0.1, 0.15) is 13.3 Å². The SMILES string of the molecule is CC(OC(=O)CCSc1ccc(F)cc1)C(=O)Nc1ncc(Cl)cc1Cl. The number of esters is 1. The third-order valence-corrected chi connectivity index (χ3v) is 4.62. The molecule has 26 heavy (non-hydrogen) atoms. The second kappa shape index (κ2) is 9.75. The Kier molecular flexibility index (Phi) is 7.68. The second-order valence-corrected chi connectivity index (χ2v) is 7.17. The quantitative estimate of drug-likeness (QED) is 0.528. The molecule has 1 aromatic heterocycles. The number of pyridine rings is 1. The molecule has 2 rings (SSSR count). The first kappa shape index (κ1) is 20.5. The van der Waals surface area contributed by atoms with Gasteiger partial charge in [0.2, 0.25) is 0 Å². The number of amides is 1. The highest BCUT2D eigenvalue weighted by atomic mass is 35.5. The number of anilines is 1. The minimum Gasteiger partial charge on any atom is -0.453 e. The summed E-state index contributed by atoms with van der Waals surface area (Å²) in [5.41, 5.74) is 0. The lowest BCUT2D eigenvalue weighted by Crippen LogP contribution is -2.30. The van der Waals surface area contributed by atoms with E-state index in [-0.39, 0.29) is 23.1 Å². The Balaban J connectivity index is 1.76. The number of hydrogen-bond donors (Lipinski definition) is 1. The van der Waals surface area contributed by atoms with Crippen LogP contribution in [0.2, 0.25) is 10.0 Å². The number of hydrogen-bond acceptors (Lipinski definition) is 5. The number of halogens is 3. The average molecular weight is 417 g/mol. The van der Waals surface area contributed by atoms with E-state index in [0.717, 1.165) is 4.90 Å². The van der Waals surface area contributed by atoms with Crippen LogP contribution in [-0.2, 0) is 14.3 Å². The van der Waals surface area contributed by atoms with Crippen LogP contribution in [0.3, 0.4) is 0 Å². The number of aromatic nitrogens is 1. The molecule has 5 nitrogen and oxygen atoms in total. The maximum atomic E-state index is 12.8. The number of carbonyl (C=O) groups excluding carboxylic acids is 2. The minimum absolute atomic E-state index is 0.111. The highest BCUT2D eigenvalue weighted by molar-refractivity contribution is 7.99. The van der Waals surface area contributed by atoms with E-state index in [1.807, 2.05) is 0 Å². The summed E-state index contributed by atoms with van der Waals surface area (Å²) in [6.45, 7) is 1.45. The smallest absolute Gasteiger partial charge is 0.307 e. The van der Waals surface area contributed by atoms with Crippen LogP contribution in [0.5, 0.6) is 0 Å². The average Bonchev–Trinajstić information content (AvgIpc) is 2.59. The summed E-state index contributed by atoms with van der Waals surface area (Å²) in [4.78, 5) is 28.6. The number of thioether (sulfide) groups is 1. The van der Waals surface area contributed by atoms with E-state index in [9.17, 15) is 14.0 Å². The molecular weight excluding hydrogens is 402 g/mol. The molecule has 0 fully saturated rings. The van der Waals surface area contributed by atoms with Crippen LogP contribution >= 0.6 is 35.0 Å². The Morgan fingerprint density at radius 2 is 2.00 bits per heavy atom. The van der Waals surface area contributed by atoms with Gasteiger partial charge in [-0.05, 0) is 37.3 Å². The maximum absolute atomic E-state index is 12.8. The predicted molar refractivity (Wildman–Crippen MR) is 100 cm³/mol. The van der Waals surface area contributed by atoms with Crippen LogP contribution in [0.25, 0.3) is 0 Å². The van der Waals surface area contributed by atoms with E-state index in [2.05, 4.69) is 10.3 Å². The first-order valence-electron chi connectivity index (χ1n) is 7.55. The van der Waals surface area contributed by atoms with Gasteiger partial charge in [0.1, 0.15) is 5.82 Å². The van der Waals surface area contributed by atoms with Gasteiger partial charge in [-0.15, -0.1) is 11.8 Å². The van der Waals surface area contributed by atoms with E-state index in [0.29, 0.717) is 10.8 Å². The molecule has 0 radical (unpaired) electrons. The third kappa shape index (κ3) is 6.48. The van der Waals surface area contributed by atoms with Crippen molar-refractivity contribution in [2.24, 2.45) is 0 Å². The molecule has 1 amide bonds. The standard InChI is InChI=1S/C17H15Cl2FN2O3S/c1-10(17(24)22-16-14(19)8-11(18)9-21-16)25-15(23)6-7-26-13-4-2-12(20)3-5-13/h2-5,8-10H,6-7H2,1H3,(H,21,22,24). The lowest BCUT2D eigenvalue weighted by Gasteiger charge is -2.13. The number of ether oxygens (including phenoxy) is 1. The van der Waals surface area contributed by atoms with Gasteiger partial charge >= 0.3 is 5.97 Å². The van der Waals surface area contributed by atoms with Crippen molar-refractivity contribution in [3.63, 3.8) is 0 Å². The zero-order chi connectivity index (χ0) is 19.1. The van der Waals surface area contributed by atoms with Gasteiger partial charge in [-0.2, -0.15) is 0 Å². The number of carbonyl (C=O) groups is 2. The fourth-order valence-electron chi connectivity index (χ4n) is 1.82. The van der Waals surface area contributed by atoms with Crippen LogP contribution in [0, 0.1) is 5.82 Å². The second-order valence-electron chi connectivity index (χ2n) is 5.16. The molecule has 0 saturated heterocycles. The van der Waals surface area contributed by atoms with E-state index < -0.39 is 18.0 Å². The molecule has 0 saturated carbocycles. The lowest BCUT2D eigenvalue weighted by molar-refractivity contribution is -0.152. The number of nitrogens with zero attached hydrogens (tertiary/aromatic N) is 1. The Morgan fingerprint density at radius 1 is 1.31 bits per heavy atom. The third-order valence-electron chi connectivity index (χ3n) is 3.12. The van der Waals surface area contributed by atoms with Crippen LogP contribution in [-0.4, -0.2) is 28.7 Å².